The van der Waals surface area contributed by atoms with Crippen molar-refractivity contribution in [2.75, 3.05) is 75.6 Å². The van der Waals surface area contributed by atoms with E-state index in [1.54, 1.807) is 41.5 Å². The molecule has 2 N–H and O–H groups in total. The van der Waals surface area contributed by atoms with Crippen LogP contribution in [0.15, 0.2) is 0 Å². The number of aliphatic hydroxyl groups is 1. The van der Waals surface area contributed by atoms with E-state index in [1.165, 1.54) is 99.5 Å². The van der Waals surface area contributed by atoms with Crippen molar-refractivity contribution in [2.45, 2.75) is 242 Å². The lowest BCUT2D eigenvalue weighted by molar-refractivity contribution is -0.734. The van der Waals surface area contributed by atoms with Gasteiger partial charge in [-0.25, -0.2) is 0 Å². The molecule has 2 aliphatic rings. The van der Waals surface area contributed by atoms with Gasteiger partial charge in [-0.15, -0.1) is 5.01 Å². The van der Waals surface area contributed by atoms with Crippen LogP contribution in [-0.4, -0.2) is 250 Å². The summed E-state index contributed by atoms with van der Waals surface area (Å²) in [5.74, 6) is -12.1. The summed E-state index contributed by atoms with van der Waals surface area (Å²) in [5, 5.41) is 16.3. The molecule has 2 fully saturated rings. The average Bonchev–Trinajstić information content (AvgIpc) is 0.822. The normalized spacial score (nSPS) is 28.6. The first kappa shape index (κ1) is 84.5. The Morgan fingerprint density at radius 2 is 1.01 bits per heavy atom. The molecule has 2 aliphatic heterocycles. The van der Waals surface area contributed by atoms with Gasteiger partial charge in [0.15, 0.2) is 23.4 Å². The first-order valence-corrected chi connectivity index (χ1v) is 34.0. The third-order valence-corrected chi connectivity index (χ3v) is 19.2. The van der Waals surface area contributed by atoms with E-state index in [0.717, 1.165) is 9.91 Å². The maximum atomic E-state index is 15.4. The van der Waals surface area contributed by atoms with Gasteiger partial charge in [-0.3, -0.25) is 58.2 Å². The summed E-state index contributed by atoms with van der Waals surface area (Å²) in [7, 11) is 9.79. The topological polar surface area (TPSA) is 258 Å². The average molecular weight is 1340 g/mol. The summed E-state index contributed by atoms with van der Waals surface area (Å²) in [6.45, 7) is 28.6. The molecule has 26 heteroatoms. The summed E-state index contributed by atoms with van der Waals surface area (Å²) < 4.78 is 47.9. The number of aliphatic hydroxyl groups excluding tert-OH is 1. The van der Waals surface area contributed by atoms with Crippen LogP contribution in [0.1, 0.15) is 175 Å². The number of alkyl halides is 3. The highest BCUT2D eigenvalue weighted by Gasteiger charge is 2.49. The van der Waals surface area contributed by atoms with Crippen LogP contribution in [-0.2, 0) is 52.7 Å². The number of likely N-dealkylation sites (N-methyl/N-ethyl adjacent to an activating group) is 7. The number of rotatable bonds is 16. The highest BCUT2D eigenvalue weighted by Crippen LogP contribution is 2.32. The lowest BCUT2D eigenvalue weighted by Crippen LogP contribution is -2.62. The van der Waals surface area contributed by atoms with Gasteiger partial charge < -0.3 is 39.2 Å². The molecule has 94 heavy (non-hydrogen) atoms. The number of carbonyl (C=O) groups excluding carboxylic acids is 10. The summed E-state index contributed by atoms with van der Waals surface area (Å²) in [4.78, 5) is 172. The van der Waals surface area contributed by atoms with Crippen molar-refractivity contribution >= 4 is 58.7 Å². The van der Waals surface area contributed by atoms with Gasteiger partial charge in [0.2, 0.25) is 35.4 Å². The SMILES string of the molecule is CC[C@H]1CC(=O)[C@@H]([C@H](O)[C@H](C)CCN2CCOCC2C(F)(F)F)N(C)C(=O)[C@@H](C(C)C)N(C)C(=O)[C@@H](CC(C)C)N(C)C(=O)[C@@H](CC(C)C)N(C)[N+](=O)[C@H](C)NC(=O)[C@@H](C)CC(=O)C(CC(C)C)N(C)C(=O)[C@@H](C(C)C)CC(=O)[C@H](CC(C)C)N(C)C(=O)[C@@H](C)N(C)C1=O. The molecule has 2 saturated heterocycles. The maximum Gasteiger partial charge on any atom is 0.406 e. The van der Waals surface area contributed by atoms with Crippen LogP contribution in [0, 0.1) is 64.1 Å². The van der Waals surface area contributed by atoms with E-state index < -0.39 is 174 Å². The third-order valence-electron chi connectivity index (χ3n) is 19.2. The molecular formula is C68H120F3N10O13+. The number of ketones is 3. The lowest BCUT2D eigenvalue weighted by Gasteiger charge is -2.41. The quantitative estimate of drug-likeness (QED) is 0.152. The van der Waals surface area contributed by atoms with Gasteiger partial charge in [0.05, 0.1) is 43.4 Å². The first-order valence-electron chi connectivity index (χ1n) is 34.0. The van der Waals surface area contributed by atoms with E-state index in [0.29, 0.717) is 4.87 Å². The van der Waals surface area contributed by atoms with Gasteiger partial charge in [0, 0.05) is 92.8 Å². The van der Waals surface area contributed by atoms with E-state index in [2.05, 4.69) is 5.32 Å². The summed E-state index contributed by atoms with van der Waals surface area (Å²) in [6, 6.07) is -10.8. The Bertz CT molecular complexity index is 2590. The summed E-state index contributed by atoms with van der Waals surface area (Å²) in [5.41, 5.74) is 0. The van der Waals surface area contributed by atoms with Crippen LogP contribution in [0.2, 0.25) is 0 Å². The number of Topliss-reactive ketones (excluding diaryl/α,β-unsaturated/α-hetero) is 3. The smallest absolute Gasteiger partial charge is 0.390 e. The van der Waals surface area contributed by atoms with E-state index >= 15 is 19.2 Å². The number of morpholine rings is 1. The van der Waals surface area contributed by atoms with Crippen molar-refractivity contribution in [1.82, 2.24) is 44.6 Å². The zero-order valence-electron chi connectivity index (χ0n) is 61.2. The Labute approximate surface area is 559 Å². The monoisotopic (exact) mass is 1340 g/mol. The molecule has 0 aromatic rings. The number of nitrogens with zero attached hydrogens (tertiary/aromatic N) is 9. The van der Waals surface area contributed by atoms with Crippen molar-refractivity contribution < 1.29 is 75.8 Å². The number of hydrogen-bond donors (Lipinski definition) is 2. The zero-order chi connectivity index (χ0) is 72.6. The number of hydrazine groups is 1. The Morgan fingerprint density at radius 3 is 1.49 bits per heavy atom. The second-order valence-corrected chi connectivity index (χ2v) is 29.4. The number of carbonyl (C=O) groups is 10. The fourth-order valence-electron chi connectivity index (χ4n) is 12.9. The van der Waals surface area contributed by atoms with E-state index in [4.69, 9.17) is 4.74 Å². The molecule has 0 saturated carbocycles. The fraction of sp³-hybridized carbons (Fsp3) is 0.853. The van der Waals surface area contributed by atoms with Crippen LogP contribution in [0.4, 0.5) is 13.2 Å². The van der Waals surface area contributed by atoms with E-state index in [1.807, 2.05) is 55.4 Å². The number of hydrogen-bond acceptors (Lipinski definition) is 14. The standard InChI is InChI=1S/C68H119F3N10O13/c1-25-48-35-56(84)59(60(85)44(14)26-27-80-28-29-94-37-57(80)68(69,70)71)78(23)67(92)58(43(12)13)77(22)65(90)52(32-40(6)7)76(21)66(91)53(33-41(8)9)79(24)81(93)47(17)72-61(86)45(15)34-54(82)50(30-38(2)3)75(20)64(89)49(42(10)11)36-55(83)51(31-39(4)5)74(19)62(87)46(16)73(18)63(48)88/h38-53,57-60,85H,25-37H2,1-24H3/p+1/t44-,45+,46-,47-,48+,49-,50?,51+,52-,53-,57?,58-,59+,60-/m1/s1. The minimum Gasteiger partial charge on any atom is -0.390 e. The molecule has 0 radical (unpaired) electrons. The van der Waals surface area contributed by atoms with Gasteiger partial charge >= 0.3 is 12.3 Å². The zero-order valence-corrected chi connectivity index (χ0v) is 61.2. The Balaban J connectivity index is 3.04. The molecule has 2 unspecified atom stereocenters. The number of ether oxygens (including phenoxy) is 1. The van der Waals surface area contributed by atoms with Gasteiger partial charge in [-0.05, 0) is 93.4 Å². The molecule has 2 rings (SSSR count). The van der Waals surface area contributed by atoms with Crippen molar-refractivity contribution in [3.05, 3.63) is 4.91 Å². The number of nitrogens with one attached hydrogen (secondary N) is 1. The van der Waals surface area contributed by atoms with Crippen molar-refractivity contribution in [1.29, 1.82) is 0 Å². The van der Waals surface area contributed by atoms with Crippen LogP contribution >= 0.6 is 0 Å². The fourth-order valence-corrected chi connectivity index (χ4v) is 12.9. The number of amides is 7. The van der Waals surface area contributed by atoms with Crippen LogP contribution < -0.4 is 5.32 Å². The Kier molecular flexibility index (Phi) is 33.4. The highest BCUT2D eigenvalue weighted by molar-refractivity contribution is 5.99. The first-order chi connectivity index (χ1) is 43.3. The molecule has 0 aromatic heterocycles. The maximum absolute atomic E-state index is 15.4. The minimum atomic E-state index is -4.64. The molecular weight excluding hydrogens is 1220 g/mol. The third kappa shape index (κ3) is 22.7. The van der Waals surface area contributed by atoms with E-state index in [9.17, 15) is 52.0 Å². The minimum absolute atomic E-state index is 0.0256. The molecule has 0 aliphatic carbocycles. The number of halogens is 3. The van der Waals surface area contributed by atoms with Gasteiger partial charge in [-0.2, -0.15) is 13.2 Å². The highest BCUT2D eigenvalue weighted by atomic mass is 19.4. The van der Waals surface area contributed by atoms with Crippen LogP contribution in [0.5, 0.6) is 0 Å². The van der Waals surface area contributed by atoms with Crippen molar-refractivity contribution in [3.8, 4) is 0 Å². The summed E-state index contributed by atoms with van der Waals surface area (Å²) >= 11 is 0. The predicted octanol–water partition coefficient (Wildman–Crippen LogP) is 6.74. The second kappa shape index (κ2) is 37.2. The van der Waals surface area contributed by atoms with Gasteiger partial charge in [0.25, 0.3) is 5.91 Å². The lowest BCUT2D eigenvalue weighted by atomic mass is 9.84. The summed E-state index contributed by atoms with van der Waals surface area (Å²) in [6.07, 6.45) is -8.38. The molecule has 14 atom stereocenters. The van der Waals surface area contributed by atoms with Crippen LogP contribution in [0.3, 0.4) is 0 Å². The molecule has 2 heterocycles. The molecule has 23 nitrogen and oxygen atoms in total. The molecule has 0 bridgehead atoms. The molecule has 0 aromatic carbocycles. The second-order valence-electron chi connectivity index (χ2n) is 29.4. The van der Waals surface area contributed by atoms with Crippen molar-refractivity contribution in [2.24, 2.45) is 59.2 Å². The largest absolute Gasteiger partial charge is 0.406 e. The van der Waals surface area contributed by atoms with Gasteiger partial charge in [0.1, 0.15) is 35.1 Å². The Hall–Kier alpha value is -5.63. The predicted molar refractivity (Wildman–Crippen MR) is 353 cm³/mol. The molecule has 540 valence electrons. The van der Waals surface area contributed by atoms with E-state index in [-0.39, 0.29) is 94.7 Å². The Morgan fingerprint density at radius 1 is 0.553 bits per heavy atom. The van der Waals surface area contributed by atoms with Crippen LogP contribution in [0.25, 0.3) is 0 Å². The molecule has 7 amide bonds. The number of nitroso groups, excluding NO2 is 1. The van der Waals surface area contributed by atoms with Gasteiger partial charge in [-0.1, -0.05) is 104 Å². The molecule has 0 spiro atoms. The van der Waals surface area contributed by atoms with Crippen molar-refractivity contribution in [3.63, 3.8) is 0 Å².